The van der Waals surface area contributed by atoms with E-state index >= 15 is 0 Å². The summed E-state index contributed by atoms with van der Waals surface area (Å²) in [5.74, 6) is -0.374. The lowest BCUT2D eigenvalue weighted by Gasteiger charge is -2.01. The first-order valence-corrected chi connectivity index (χ1v) is 5.55. The number of hydrogen-bond donors (Lipinski definition) is 4. The second kappa shape index (κ2) is 4.73. The molecule has 0 unspecified atom stereocenters. The molecule has 1 aromatic rings. The van der Waals surface area contributed by atoms with Crippen LogP contribution >= 0.6 is 0 Å². The van der Waals surface area contributed by atoms with E-state index in [9.17, 15) is 8.42 Å². The summed E-state index contributed by atoms with van der Waals surface area (Å²) >= 11 is 0. The monoisotopic (exact) mass is 242 g/mol. The Morgan fingerprint density at radius 3 is 2.69 bits per heavy atom. The van der Waals surface area contributed by atoms with E-state index < -0.39 is 10.1 Å². The molecule has 0 saturated carbocycles. The summed E-state index contributed by atoms with van der Waals surface area (Å²) in [5, 5.41) is 10.3. The first kappa shape index (κ1) is 12.1. The van der Waals surface area contributed by atoms with E-state index in [4.69, 9.17) is 15.7 Å². The van der Waals surface area contributed by atoms with Gasteiger partial charge in [0.2, 0.25) is 5.96 Å². The Labute approximate surface area is 92.2 Å². The zero-order valence-electron chi connectivity index (χ0n) is 8.08. The van der Waals surface area contributed by atoms with Crippen LogP contribution in [0.5, 0.6) is 0 Å². The molecule has 16 heavy (non-hydrogen) atoms. The zero-order valence-corrected chi connectivity index (χ0v) is 8.90. The maximum Gasteiger partial charge on any atom is 0.295 e. The lowest BCUT2D eigenvalue weighted by atomic mass is 10.2. The van der Waals surface area contributed by atoms with Crippen molar-refractivity contribution >= 4 is 22.3 Å². The maximum absolute atomic E-state index is 11.0. The van der Waals surface area contributed by atoms with Crippen molar-refractivity contribution in [1.82, 2.24) is 5.43 Å². The van der Waals surface area contributed by atoms with Gasteiger partial charge in [-0.1, -0.05) is 18.2 Å². The smallest absolute Gasteiger partial charge is 0.295 e. The van der Waals surface area contributed by atoms with Crippen molar-refractivity contribution in [2.24, 2.45) is 10.8 Å². The van der Waals surface area contributed by atoms with Gasteiger partial charge in [-0.3, -0.25) is 9.96 Å². The standard InChI is InChI=1S/C8H10N4O3S/c9-8(10)12-11-5-6-3-1-2-4-7(6)16(13,14)15/h1-5H,(H4,9,10,12)(H,13,14,15). The maximum atomic E-state index is 11.0. The summed E-state index contributed by atoms with van der Waals surface area (Å²) in [6, 6.07) is 5.75. The molecule has 0 heterocycles. The number of rotatable bonds is 3. The zero-order chi connectivity index (χ0) is 12.2. The first-order chi connectivity index (χ1) is 7.41. The van der Waals surface area contributed by atoms with Crippen LogP contribution in [0.1, 0.15) is 5.56 Å². The lowest BCUT2D eigenvalue weighted by Crippen LogP contribution is -2.25. The van der Waals surface area contributed by atoms with Crippen LogP contribution in [0.25, 0.3) is 0 Å². The number of hydrogen-bond acceptors (Lipinski definition) is 4. The molecule has 86 valence electrons. The van der Waals surface area contributed by atoms with E-state index in [-0.39, 0.29) is 16.4 Å². The van der Waals surface area contributed by atoms with Crippen LogP contribution in [-0.2, 0) is 10.1 Å². The first-order valence-electron chi connectivity index (χ1n) is 4.11. The Kier molecular flexibility index (Phi) is 3.59. The SMILES string of the molecule is N=C(N)NN=Cc1ccccc1S(=O)(=O)O. The van der Waals surface area contributed by atoms with E-state index in [0.29, 0.717) is 0 Å². The number of nitrogens with one attached hydrogen (secondary N) is 2. The van der Waals surface area contributed by atoms with Crippen molar-refractivity contribution in [2.75, 3.05) is 0 Å². The van der Waals surface area contributed by atoms with Gasteiger partial charge in [0.1, 0.15) is 4.90 Å². The van der Waals surface area contributed by atoms with E-state index in [1.54, 1.807) is 6.07 Å². The summed E-state index contributed by atoms with van der Waals surface area (Å²) in [4.78, 5) is -0.260. The summed E-state index contributed by atoms with van der Waals surface area (Å²) in [6.45, 7) is 0. The molecule has 1 rings (SSSR count). The molecule has 7 nitrogen and oxygen atoms in total. The van der Waals surface area contributed by atoms with Crippen molar-refractivity contribution < 1.29 is 13.0 Å². The number of nitrogens with two attached hydrogens (primary N) is 1. The predicted octanol–water partition coefficient (Wildman–Crippen LogP) is -0.250. The summed E-state index contributed by atoms with van der Waals surface area (Å²) in [7, 11) is -4.29. The van der Waals surface area contributed by atoms with Gasteiger partial charge < -0.3 is 5.73 Å². The topological polar surface area (TPSA) is 129 Å². The summed E-state index contributed by atoms with van der Waals surface area (Å²) in [5.41, 5.74) is 7.29. The molecule has 0 aliphatic heterocycles. The second-order valence-corrected chi connectivity index (χ2v) is 4.19. The largest absolute Gasteiger partial charge is 0.369 e. The Morgan fingerprint density at radius 1 is 1.50 bits per heavy atom. The highest BCUT2D eigenvalue weighted by Gasteiger charge is 2.12. The van der Waals surface area contributed by atoms with Crippen molar-refractivity contribution in [3.05, 3.63) is 29.8 Å². The third-order valence-corrected chi connectivity index (χ3v) is 2.51. The molecule has 0 atom stereocenters. The van der Waals surface area contributed by atoms with Crippen LogP contribution in [0.4, 0.5) is 0 Å². The average molecular weight is 242 g/mol. The number of hydrazone groups is 1. The van der Waals surface area contributed by atoms with Gasteiger partial charge in [0.25, 0.3) is 10.1 Å². The highest BCUT2D eigenvalue weighted by Crippen LogP contribution is 2.12. The van der Waals surface area contributed by atoms with Crippen LogP contribution in [0, 0.1) is 5.41 Å². The van der Waals surface area contributed by atoms with Gasteiger partial charge in [0.05, 0.1) is 6.21 Å². The number of nitrogens with zero attached hydrogens (tertiary/aromatic N) is 1. The molecule has 0 radical (unpaired) electrons. The molecule has 0 aliphatic carbocycles. The minimum atomic E-state index is -4.29. The lowest BCUT2D eigenvalue weighted by molar-refractivity contribution is 0.483. The Hall–Kier alpha value is -1.93. The van der Waals surface area contributed by atoms with Gasteiger partial charge in [0, 0.05) is 5.56 Å². The second-order valence-electron chi connectivity index (χ2n) is 2.80. The molecule has 8 heteroatoms. The average Bonchev–Trinajstić information content (AvgIpc) is 2.16. The molecule has 0 spiro atoms. The highest BCUT2D eigenvalue weighted by atomic mass is 32.2. The molecule has 0 fully saturated rings. The van der Waals surface area contributed by atoms with Crippen LogP contribution in [0.15, 0.2) is 34.3 Å². The minimum absolute atomic E-state index is 0.193. The van der Waals surface area contributed by atoms with E-state index in [2.05, 4.69) is 10.5 Å². The molecule has 5 N–H and O–H groups in total. The third kappa shape index (κ3) is 3.33. The normalized spacial score (nSPS) is 11.6. The molecule has 1 aromatic carbocycles. The third-order valence-electron chi connectivity index (χ3n) is 1.59. The van der Waals surface area contributed by atoms with Crippen molar-refractivity contribution in [3.63, 3.8) is 0 Å². The molecular weight excluding hydrogens is 232 g/mol. The molecule has 0 amide bonds. The van der Waals surface area contributed by atoms with Crippen molar-refractivity contribution in [1.29, 1.82) is 5.41 Å². The van der Waals surface area contributed by atoms with Gasteiger partial charge in [-0.25, -0.2) is 5.43 Å². The fraction of sp³-hybridized carbons (Fsp3) is 0. The minimum Gasteiger partial charge on any atom is -0.369 e. The van der Waals surface area contributed by atoms with Gasteiger partial charge in [-0.05, 0) is 6.07 Å². The van der Waals surface area contributed by atoms with E-state index in [1.165, 1.54) is 18.2 Å². The quantitative estimate of drug-likeness (QED) is 0.251. The van der Waals surface area contributed by atoms with E-state index in [1.807, 2.05) is 0 Å². The van der Waals surface area contributed by atoms with Crippen LogP contribution < -0.4 is 11.2 Å². The molecule has 0 bridgehead atoms. The summed E-state index contributed by atoms with van der Waals surface area (Å²) < 4.78 is 30.8. The predicted molar refractivity (Wildman–Crippen MR) is 58.9 cm³/mol. The van der Waals surface area contributed by atoms with Crippen LogP contribution in [0.2, 0.25) is 0 Å². The molecular formula is C8H10N4O3S. The van der Waals surface area contributed by atoms with Crippen LogP contribution in [0.3, 0.4) is 0 Å². The Bertz CT molecular complexity index is 524. The Morgan fingerprint density at radius 2 is 2.12 bits per heavy atom. The van der Waals surface area contributed by atoms with Crippen molar-refractivity contribution in [2.45, 2.75) is 4.90 Å². The number of guanidine groups is 1. The van der Waals surface area contributed by atoms with Gasteiger partial charge in [-0.2, -0.15) is 13.5 Å². The van der Waals surface area contributed by atoms with Gasteiger partial charge in [0.15, 0.2) is 0 Å². The van der Waals surface area contributed by atoms with Gasteiger partial charge >= 0.3 is 0 Å². The molecule has 0 aliphatic rings. The fourth-order valence-electron chi connectivity index (χ4n) is 0.993. The van der Waals surface area contributed by atoms with Crippen LogP contribution in [-0.4, -0.2) is 25.1 Å². The fourth-order valence-corrected chi connectivity index (χ4v) is 1.66. The van der Waals surface area contributed by atoms with Gasteiger partial charge in [-0.15, -0.1) is 0 Å². The molecule has 0 saturated heterocycles. The number of benzene rings is 1. The molecule has 0 aromatic heterocycles. The van der Waals surface area contributed by atoms with Crippen molar-refractivity contribution in [3.8, 4) is 0 Å². The summed E-state index contributed by atoms with van der Waals surface area (Å²) in [6.07, 6.45) is 1.14. The highest BCUT2D eigenvalue weighted by molar-refractivity contribution is 7.86. The Balaban J connectivity index is 3.06. The van der Waals surface area contributed by atoms with E-state index in [0.717, 1.165) is 6.21 Å².